The van der Waals surface area contributed by atoms with Crippen LogP contribution in [0, 0.1) is 0 Å². The minimum Gasteiger partial charge on any atom is -0.363 e. The van der Waals surface area contributed by atoms with Gasteiger partial charge >= 0.3 is 0 Å². The lowest BCUT2D eigenvalue weighted by atomic mass is 10.1. The van der Waals surface area contributed by atoms with Gasteiger partial charge in [-0.05, 0) is 25.0 Å². The predicted molar refractivity (Wildman–Crippen MR) is 80.4 cm³/mol. The molecule has 0 amide bonds. The third-order valence-corrected chi connectivity index (χ3v) is 3.73. The summed E-state index contributed by atoms with van der Waals surface area (Å²) in [7, 11) is 1.73. The summed E-state index contributed by atoms with van der Waals surface area (Å²) in [6.45, 7) is 1.78. The fraction of sp³-hybridized carbons (Fsp3) is 0.429. The smallest absolute Gasteiger partial charge is 0.293 e. The first kappa shape index (κ1) is 13.5. The van der Waals surface area contributed by atoms with Gasteiger partial charge in [0, 0.05) is 44.8 Å². The van der Waals surface area contributed by atoms with E-state index in [9.17, 15) is 4.79 Å². The Morgan fingerprint density at radius 3 is 2.81 bits per heavy atom. The maximum absolute atomic E-state index is 11.9. The molecule has 2 aromatic heterocycles. The minimum atomic E-state index is -0.0890. The van der Waals surface area contributed by atoms with Crippen LogP contribution in [0.5, 0.6) is 0 Å². The van der Waals surface area contributed by atoms with Crippen LogP contribution in [0.25, 0.3) is 0 Å². The number of hydrogen-bond acceptors (Lipinski definition) is 6. The van der Waals surface area contributed by atoms with Gasteiger partial charge in [-0.2, -0.15) is 5.10 Å². The van der Waals surface area contributed by atoms with Crippen molar-refractivity contribution in [2.45, 2.75) is 18.9 Å². The van der Waals surface area contributed by atoms with Crippen molar-refractivity contribution in [3.05, 3.63) is 41.1 Å². The molecule has 0 aromatic carbocycles. The van der Waals surface area contributed by atoms with E-state index in [0.29, 0.717) is 5.82 Å². The molecule has 0 radical (unpaired) electrons. The van der Waals surface area contributed by atoms with Crippen molar-refractivity contribution in [2.75, 3.05) is 23.3 Å². The zero-order valence-electron chi connectivity index (χ0n) is 11.9. The molecule has 0 unspecified atom stereocenters. The molecule has 0 aliphatic carbocycles. The number of aryl methyl sites for hydroxylation is 1. The number of rotatable bonds is 3. The third kappa shape index (κ3) is 3.01. The highest BCUT2D eigenvalue weighted by Crippen LogP contribution is 2.18. The lowest BCUT2D eigenvalue weighted by Gasteiger charge is -2.32. The third-order valence-electron chi connectivity index (χ3n) is 3.73. The average Bonchev–Trinajstić information content (AvgIpc) is 2.53. The molecular formula is C14H18N6O. The van der Waals surface area contributed by atoms with E-state index in [-0.39, 0.29) is 11.6 Å². The van der Waals surface area contributed by atoms with Crippen LogP contribution in [0.2, 0.25) is 0 Å². The van der Waals surface area contributed by atoms with Crippen molar-refractivity contribution in [3.63, 3.8) is 0 Å². The summed E-state index contributed by atoms with van der Waals surface area (Å²) >= 11 is 0. The largest absolute Gasteiger partial charge is 0.363 e. The fourth-order valence-electron chi connectivity index (χ4n) is 2.51. The molecule has 0 spiro atoms. The first-order valence-electron chi connectivity index (χ1n) is 7.05. The van der Waals surface area contributed by atoms with Crippen molar-refractivity contribution in [1.29, 1.82) is 0 Å². The zero-order chi connectivity index (χ0) is 14.7. The van der Waals surface area contributed by atoms with Gasteiger partial charge in [-0.25, -0.2) is 4.98 Å². The summed E-state index contributed by atoms with van der Waals surface area (Å²) in [6, 6.07) is 4.13. The van der Waals surface area contributed by atoms with Gasteiger partial charge < -0.3 is 14.8 Å². The molecule has 0 atom stereocenters. The van der Waals surface area contributed by atoms with Crippen LogP contribution in [0.4, 0.5) is 11.6 Å². The van der Waals surface area contributed by atoms with Gasteiger partial charge in [-0.15, -0.1) is 5.10 Å². The first-order valence-corrected chi connectivity index (χ1v) is 7.05. The van der Waals surface area contributed by atoms with Crippen LogP contribution < -0.4 is 15.8 Å². The second-order valence-electron chi connectivity index (χ2n) is 5.18. The zero-order valence-corrected chi connectivity index (χ0v) is 11.9. The molecule has 1 N–H and O–H groups in total. The number of piperidine rings is 1. The van der Waals surface area contributed by atoms with Crippen LogP contribution in [0.15, 0.2) is 35.5 Å². The molecule has 0 saturated carbocycles. The lowest BCUT2D eigenvalue weighted by Crippen LogP contribution is -2.40. The van der Waals surface area contributed by atoms with E-state index in [2.05, 4.69) is 25.4 Å². The maximum atomic E-state index is 11.9. The summed E-state index contributed by atoms with van der Waals surface area (Å²) in [5.41, 5.74) is -0.0890. The van der Waals surface area contributed by atoms with Crippen LogP contribution in [0.3, 0.4) is 0 Å². The van der Waals surface area contributed by atoms with E-state index < -0.39 is 0 Å². The predicted octanol–water partition coefficient (Wildman–Crippen LogP) is 0.651. The Morgan fingerprint density at radius 1 is 1.29 bits per heavy atom. The SMILES string of the molecule is Cn1ccnc(NC2CCN(c3cccnn3)CC2)c1=O. The lowest BCUT2D eigenvalue weighted by molar-refractivity contribution is 0.520. The van der Waals surface area contributed by atoms with E-state index >= 15 is 0 Å². The molecule has 1 aliphatic rings. The van der Waals surface area contributed by atoms with Gasteiger partial charge in [-0.3, -0.25) is 4.79 Å². The first-order chi connectivity index (χ1) is 10.2. The number of nitrogens with one attached hydrogen (secondary N) is 1. The van der Waals surface area contributed by atoms with Crippen LogP contribution in [0.1, 0.15) is 12.8 Å². The molecule has 110 valence electrons. The number of nitrogens with zero attached hydrogens (tertiary/aromatic N) is 5. The number of hydrogen-bond donors (Lipinski definition) is 1. The highest BCUT2D eigenvalue weighted by molar-refractivity contribution is 5.38. The van der Waals surface area contributed by atoms with Crippen molar-refractivity contribution in [1.82, 2.24) is 19.7 Å². The summed E-state index contributed by atoms with van der Waals surface area (Å²) in [5, 5.41) is 11.3. The van der Waals surface area contributed by atoms with E-state index in [0.717, 1.165) is 31.7 Å². The summed E-state index contributed by atoms with van der Waals surface area (Å²) < 4.78 is 1.53. The Morgan fingerprint density at radius 2 is 2.10 bits per heavy atom. The van der Waals surface area contributed by atoms with Crippen LogP contribution >= 0.6 is 0 Å². The molecule has 7 nitrogen and oxygen atoms in total. The van der Waals surface area contributed by atoms with Gasteiger partial charge in [0.25, 0.3) is 5.56 Å². The van der Waals surface area contributed by atoms with E-state index in [1.54, 1.807) is 25.6 Å². The molecule has 1 fully saturated rings. The minimum absolute atomic E-state index is 0.0890. The van der Waals surface area contributed by atoms with Gasteiger partial charge in [-0.1, -0.05) is 0 Å². The fourth-order valence-corrected chi connectivity index (χ4v) is 2.51. The summed E-state index contributed by atoms with van der Waals surface area (Å²) in [4.78, 5) is 18.3. The molecule has 3 heterocycles. The second kappa shape index (κ2) is 5.90. The molecular weight excluding hydrogens is 268 g/mol. The molecule has 2 aromatic rings. The molecule has 21 heavy (non-hydrogen) atoms. The molecule has 1 saturated heterocycles. The van der Waals surface area contributed by atoms with Gasteiger partial charge in [0.1, 0.15) is 0 Å². The molecule has 0 bridgehead atoms. The van der Waals surface area contributed by atoms with Crippen molar-refractivity contribution < 1.29 is 0 Å². The van der Waals surface area contributed by atoms with Crippen molar-refractivity contribution >= 4 is 11.6 Å². The average molecular weight is 286 g/mol. The van der Waals surface area contributed by atoms with E-state index in [1.165, 1.54) is 4.57 Å². The summed E-state index contributed by atoms with van der Waals surface area (Å²) in [6.07, 6.45) is 6.85. The quantitative estimate of drug-likeness (QED) is 0.893. The Hall–Kier alpha value is -2.44. The maximum Gasteiger partial charge on any atom is 0.293 e. The second-order valence-corrected chi connectivity index (χ2v) is 5.18. The van der Waals surface area contributed by atoms with Crippen molar-refractivity contribution in [2.24, 2.45) is 7.05 Å². The number of aromatic nitrogens is 4. The Labute approximate surface area is 122 Å². The molecule has 3 rings (SSSR count). The summed E-state index contributed by atoms with van der Waals surface area (Å²) in [5.74, 6) is 1.34. The molecule has 7 heteroatoms. The highest BCUT2D eigenvalue weighted by Gasteiger charge is 2.21. The van der Waals surface area contributed by atoms with E-state index in [4.69, 9.17) is 0 Å². The van der Waals surface area contributed by atoms with Crippen molar-refractivity contribution in [3.8, 4) is 0 Å². The Bertz CT molecular complexity index is 648. The molecule has 1 aliphatic heterocycles. The highest BCUT2D eigenvalue weighted by atomic mass is 16.1. The van der Waals surface area contributed by atoms with Crippen LogP contribution in [-0.2, 0) is 7.05 Å². The normalized spacial score (nSPS) is 16.0. The van der Waals surface area contributed by atoms with Crippen LogP contribution in [-0.4, -0.2) is 38.9 Å². The van der Waals surface area contributed by atoms with Gasteiger partial charge in [0.15, 0.2) is 11.6 Å². The van der Waals surface area contributed by atoms with Gasteiger partial charge in [0.2, 0.25) is 0 Å². The number of anilines is 2. The standard InChI is InChI=1S/C14H18N6O/c1-19-10-7-15-13(14(19)21)17-11-4-8-20(9-5-11)12-3-2-6-16-18-12/h2-3,6-7,10-11H,4-5,8-9H2,1H3,(H,15,17). The van der Waals surface area contributed by atoms with Gasteiger partial charge in [0.05, 0.1) is 0 Å². The monoisotopic (exact) mass is 286 g/mol. The Kier molecular flexibility index (Phi) is 3.81. The Balaban J connectivity index is 1.61. The topological polar surface area (TPSA) is 75.9 Å². The van der Waals surface area contributed by atoms with E-state index in [1.807, 2.05) is 12.1 Å².